The Morgan fingerprint density at radius 1 is 1.16 bits per heavy atom. The summed E-state index contributed by atoms with van der Waals surface area (Å²) < 4.78 is 1.93. The highest BCUT2D eigenvalue weighted by molar-refractivity contribution is 7.98. The summed E-state index contributed by atoms with van der Waals surface area (Å²) in [6.07, 6.45) is 3.72. The largest absolute Gasteiger partial charge is 0.277 e. The molecule has 6 heteroatoms. The summed E-state index contributed by atoms with van der Waals surface area (Å²) >= 11 is 13.5. The highest BCUT2D eigenvalue weighted by atomic mass is 35.5. The van der Waals surface area contributed by atoms with Crippen LogP contribution in [0.3, 0.4) is 0 Å². The van der Waals surface area contributed by atoms with Gasteiger partial charge in [-0.25, -0.2) is 9.97 Å². The summed E-state index contributed by atoms with van der Waals surface area (Å²) in [6, 6.07) is 9.40. The van der Waals surface area contributed by atoms with Crippen LogP contribution in [0.15, 0.2) is 41.8 Å². The van der Waals surface area contributed by atoms with E-state index in [2.05, 4.69) is 9.97 Å². The normalized spacial score (nSPS) is 11.1. The summed E-state index contributed by atoms with van der Waals surface area (Å²) in [5, 5.41) is 1.99. The first-order chi connectivity index (χ1) is 9.19. The number of fused-ring (bicyclic) bond motifs is 1. The minimum atomic E-state index is 0.465. The Labute approximate surface area is 124 Å². The van der Waals surface area contributed by atoms with Gasteiger partial charge in [0.05, 0.1) is 11.2 Å². The molecule has 0 aliphatic carbocycles. The van der Waals surface area contributed by atoms with Crippen LogP contribution >= 0.6 is 35.0 Å². The third-order valence-corrected chi connectivity index (χ3v) is 3.87. The second-order valence-electron chi connectivity index (χ2n) is 3.92. The van der Waals surface area contributed by atoms with Gasteiger partial charge in [0.2, 0.25) is 0 Å². The number of benzene rings is 1. The van der Waals surface area contributed by atoms with Crippen molar-refractivity contribution >= 4 is 40.5 Å². The van der Waals surface area contributed by atoms with Crippen molar-refractivity contribution in [3.8, 4) is 11.3 Å². The van der Waals surface area contributed by atoms with Crippen molar-refractivity contribution in [1.29, 1.82) is 0 Å². The number of rotatable bonds is 2. The third kappa shape index (κ3) is 2.31. The molecule has 0 unspecified atom stereocenters. The molecule has 0 saturated heterocycles. The topological polar surface area (TPSA) is 30.2 Å². The molecule has 3 rings (SSSR count). The zero-order valence-electron chi connectivity index (χ0n) is 9.97. The first-order valence-electron chi connectivity index (χ1n) is 5.52. The van der Waals surface area contributed by atoms with Crippen LogP contribution < -0.4 is 0 Å². The molecule has 3 nitrogen and oxygen atoms in total. The molecule has 96 valence electrons. The fourth-order valence-electron chi connectivity index (χ4n) is 1.91. The van der Waals surface area contributed by atoms with E-state index in [1.807, 2.05) is 41.0 Å². The minimum Gasteiger partial charge on any atom is -0.277 e. The summed E-state index contributed by atoms with van der Waals surface area (Å²) in [4.78, 5) is 8.72. The van der Waals surface area contributed by atoms with E-state index in [4.69, 9.17) is 23.2 Å². The molecular weight excluding hydrogens is 301 g/mol. The molecule has 0 atom stereocenters. The fraction of sp³-hybridized carbons (Fsp3) is 0.0769. The number of nitrogens with zero attached hydrogens (tertiary/aromatic N) is 3. The van der Waals surface area contributed by atoms with Gasteiger partial charge in [0.25, 0.3) is 0 Å². The zero-order chi connectivity index (χ0) is 13.4. The van der Waals surface area contributed by atoms with Gasteiger partial charge in [-0.15, -0.1) is 0 Å². The predicted octanol–water partition coefficient (Wildman–Crippen LogP) is 4.43. The Morgan fingerprint density at radius 3 is 2.58 bits per heavy atom. The molecule has 1 aromatic carbocycles. The van der Waals surface area contributed by atoms with Gasteiger partial charge in [-0.2, -0.15) is 0 Å². The van der Waals surface area contributed by atoms with Crippen LogP contribution in [-0.4, -0.2) is 20.6 Å². The van der Waals surface area contributed by atoms with Crippen LogP contribution in [0.1, 0.15) is 0 Å². The van der Waals surface area contributed by atoms with E-state index in [0.29, 0.717) is 10.2 Å². The van der Waals surface area contributed by atoms with E-state index in [0.717, 1.165) is 21.9 Å². The van der Waals surface area contributed by atoms with Crippen molar-refractivity contribution in [2.75, 3.05) is 6.26 Å². The average Bonchev–Trinajstić information content (AvgIpc) is 2.82. The van der Waals surface area contributed by atoms with Crippen LogP contribution in [0.5, 0.6) is 0 Å². The number of hydrogen-bond donors (Lipinski definition) is 0. The molecule has 0 amide bonds. The monoisotopic (exact) mass is 309 g/mol. The Balaban J connectivity index is 2.25. The highest BCUT2D eigenvalue weighted by Crippen LogP contribution is 2.28. The second kappa shape index (κ2) is 5.04. The average molecular weight is 310 g/mol. The fourth-order valence-corrected chi connectivity index (χ4v) is 2.80. The van der Waals surface area contributed by atoms with Gasteiger partial charge in [0, 0.05) is 16.7 Å². The van der Waals surface area contributed by atoms with Gasteiger partial charge in [-0.3, -0.25) is 4.40 Å². The van der Waals surface area contributed by atoms with E-state index >= 15 is 0 Å². The molecule has 0 fully saturated rings. The lowest BCUT2D eigenvalue weighted by molar-refractivity contribution is 0.900. The van der Waals surface area contributed by atoms with Crippen molar-refractivity contribution in [2.45, 2.75) is 5.16 Å². The Morgan fingerprint density at radius 2 is 1.89 bits per heavy atom. The van der Waals surface area contributed by atoms with E-state index in [1.54, 1.807) is 6.33 Å². The number of aromatic nitrogens is 3. The van der Waals surface area contributed by atoms with E-state index in [-0.39, 0.29) is 0 Å². The van der Waals surface area contributed by atoms with Crippen LogP contribution in [0, 0.1) is 0 Å². The van der Waals surface area contributed by atoms with Gasteiger partial charge < -0.3 is 0 Å². The molecular formula is C13H9Cl2N3S. The first-order valence-corrected chi connectivity index (χ1v) is 7.50. The van der Waals surface area contributed by atoms with Crippen LogP contribution in [-0.2, 0) is 0 Å². The van der Waals surface area contributed by atoms with Crippen molar-refractivity contribution in [1.82, 2.24) is 14.4 Å². The standard InChI is InChI=1S/C13H9Cl2N3S/c1-19-13-17-11(15)6-10-12(16-7-18(10)13)8-2-4-9(14)5-3-8/h2-7H,1H3. The molecule has 2 heterocycles. The van der Waals surface area contributed by atoms with Crippen LogP contribution in [0.2, 0.25) is 10.2 Å². The molecule has 19 heavy (non-hydrogen) atoms. The van der Waals surface area contributed by atoms with E-state index < -0.39 is 0 Å². The molecule has 0 radical (unpaired) electrons. The molecule has 0 aliphatic heterocycles. The number of thioether (sulfide) groups is 1. The maximum Gasteiger partial charge on any atom is 0.175 e. The second-order valence-corrected chi connectivity index (χ2v) is 5.52. The maximum absolute atomic E-state index is 6.06. The lowest BCUT2D eigenvalue weighted by Crippen LogP contribution is -1.92. The van der Waals surface area contributed by atoms with Crippen molar-refractivity contribution < 1.29 is 0 Å². The van der Waals surface area contributed by atoms with Crippen molar-refractivity contribution in [3.63, 3.8) is 0 Å². The minimum absolute atomic E-state index is 0.465. The first kappa shape index (κ1) is 12.8. The molecule has 0 aliphatic rings. The quantitative estimate of drug-likeness (QED) is 0.398. The smallest absolute Gasteiger partial charge is 0.175 e. The molecule has 0 bridgehead atoms. The van der Waals surface area contributed by atoms with Gasteiger partial charge in [0.1, 0.15) is 11.5 Å². The van der Waals surface area contributed by atoms with E-state index in [1.165, 1.54) is 11.8 Å². The Kier molecular flexibility index (Phi) is 3.39. The van der Waals surface area contributed by atoms with Crippen molar-refractivity contribution in [2.24, 2.45) is 0 Å². The summed E-state index contributed by atoms with van der Waals surface area (Å²) in [5.74, 6) is 0. The third-order valence-electron chi connectivity index (χ3n) is 2.77. The lowest BCUT2D eigenvalue weighted by atomic mass is 10.1. The molecule has 0 N–H and O–H groups in total. The summed E-state index contributed by atoms with van der Waals surface area (Å²) in [7, 11) is 0. The lowest BCUT2D eigenvalue weighted by Gasteiger charge is -2.03. The zero-order valence-corrected chi connectivity index (χ0v) is 12.3. The summed E-state index contributed by atoms with van der Waals surface area (Å²) in [6.45, 7) is 0. The Bertz CT molecular complexity index is 737. The number of imidazole rings is 1. The van der Waals surface area contributed by atoms with Gasteiger partial charge >= 0.3 is 0 Å². The number of hydrogen-bond acceptors (Lipinski definition) is 3. The highest BCUT2D eigenvalue weighted by Gasteiger charge is 2.11. The number of halogens is 2. The maximum atomic E-state index is 6.06. The molecule has 0 saturated carbocycles. The molecule has 0 spiro atoms. The molecule has 2 aromatic heterocycles. The SMILES string of the molecule is CSc1nc(Cl)cc2c(-c3ccc(Cl)cc3)ncn12. The Hall–Kier alpha value is -1.23. The van der Waals surface area contributed by atoms with Gasteiger partial charge in [0.15, 0.2) is 5.16 Å². The van der Waals surface area contributed by atoms with Gasteiger partial charge in [-0.1, -0.05) is 47.1 Å². The van der Waals surface area contributed by atoms with Crippen molar-refractivity contribution in [3.05, 3.63) is 46.8 Å². The van der Waals surface area contributed by atoms with Gasteiger partial charge in [-0.05, 0) is 18.4 Å². The summed E-state index contributed by atoms with van der Waals surface area (Å²) in [5.41, 5.74) is 2.81. The van der Waals surface area contributed by atoms with Crippen LogP contribution in [0.4, 0.5) is 0 Å². The molecule has 3 aromatic rings. The predicted molar refractivity (Wildman–Crippen MR) is 80.2 cm³/mol. The van der Waals surface area contributed by atoms with E-state index in [9.17, 15) is 0 Å². The van der Waals surface area contributed by atoms with Crippen LogP contribution in [0.25, 0.3) is 16.8 Å².